The third-order valence-corrected chi connectivity index (χ3v) is 5.30. The van der Waals surface area contributed by atoms with Gasteiger partial charge in [-0.25, -0.2) is 0 Å². The van der Waals surface area contributed by atoms with Crippen LogP contribution in [-0.2, 0) is 0 Å². The van der Waals surface area contributed by atoms with Crippen molar-refractivity contribution < 1.29 is 0 Å². The number of hydrogen-bond acceptors (Lipinski definition) is 3. The van der Waals surface area contributed by atoms with Crippen molar-refractivity contribution in [3.05, 3.63) is 0 Å². The zero-order valence-electron chi connectivity index (χ0n) is 15.7. The molecule has 5 nitrogen and oxygen atoms in total. The molecule has 2 rings (SSSR count). The summed E-state index contributed by atoms with van der Waals surface area (Å²) >= 11 is 0. The van der Waals surface area contributed by atoms with E-state index in [1.165, 1.54) is 19.4 Å². The number of likely N-dealkylation sites (N-methyl/N-ethyl adjacent to an activating group) is 1. The topological polar surface area (TPSA) is 42.9 Å². The van der Waals surface area contributed by atoms with Gasteiger partial charge in [0.2, 0.25) is 0 Å². The number of guanidine groups is 1. The van der Waals surface area contributed by atoms with Crippen LogP contribution in [0.2, 0.25) is 0 Å². The zero-order valence-corrected chi connectivity index (χ0v) is 18.0. The Kier molecular flexibility index (Phi) is 8.58. The van der Waals surface area contributed by atoms with Gasteiger partial charge in [-0.05, 0) is 46.6 Å². The van der Waals surface area contributed by atoms with Gasteiger partial charge in [0.1, 0.15) is 0 Å². The van der Waals surface area contributed by atoms with E-state index >= 15 is 0 Å². The summed E-state index contributed by atoms with van der Waals surface area (Å²) in [5.41, 5.74) is 0. The van der Waals surface area contributed by atoms with E-state index in [0.29, 0.717) is 24.0 Å². The molecule has 0 radical (unpaired) electrons. The van der Waals surface area contributed by atoms with E-state index in [-0.39, 0.29) is 24.0 Å². The first-order valence-electron chi connectivity index (χ1n) is 8.85. The molecule has 2 fully saturated rings. The molecule has 0 spiro atoms. The quantitative estimate of drug-likeness (QED) is 0.379. The Balaban J connectivity index is 0.00000264. The SMILES string of the molecule is CN=C(NCC(C)N(C)C1CC1)NC1CN(C(C)C)CC1C.I. The van der Waals surface area contributed by atoms with Crippen LogP contribution in [0.25, 0.3) is 0 Å². The van der Waals surface area contributed by atoms with Gasteiger partial charge in [-0.2, -0.15) is 0 Å². The van der Waals surface area contributed by atoms with E-state index < -0.39 is 0 Å². The molecule has 1 saturated heterocycles. The van der Waals surface area contributed by atoms with Crippen molar-refractivity contribution in [2.75, 3.05) is 33.7 Å². The zero-order chi connectivity index (χ0) is 16.3. The first kappa shape index (κ1) is 21.0. The van der Waals surface area contributed by atoms with Crippen LogP contribution >= 0.6 is 24.0 Å². The van der Waals surface area contributed by atoms with Crippen molar-refractivity contribution in [1.82, 2.24) is 20.4 Å². The number of nitrogens with one attached hydrogen (secondary N) is 2. The minimum absolute atomic E-state index is 0. The lowest BCUT2D eigenvalue weighted by Gasteiger charge is -2.27. The van der Waals surface area contributed by atoms with Gasteiger partial charge in [0.05, 0.1) is 0 Å². The van der Waals surface area contributed by atoms with E-state index in [1.807, 2.05) is 7.05 Å². The summed E-state index contributed by atoms with van der Waals surface area (Å²) in [7, 11) is 4.10. The van der Waals surface area contributed by atoms with E-state index in [1.54, 1.807) is 0 Å². The van der Waals surface area contributed by atoms with Crippen LogP contribution in [0, 0.1) is 5.92 Å². The Bertz CT molecular complexity index is 383. The highest BCUT2D eigenvalue weighted by Gasteiger charge is 2.32. The standard InChI is InChI=1S/C17H35N5.HI/c1-12(2)22-10-13(3)16(11-22)20-17(18-5)19-9-14(4)21(6)15-7-8-15;/h12-16H,7-11H2,1-6H3,(H2,18,19,20);1H. The van der Waals surface area contributed by atoms with E-state index in [0.717, 1.165) is 25.1 Å². The van der Waals surface area contributed by atoms with Crippen molar-refractivity contribution in [1.29, 1.82) is 0 Å². The molecule has 23 heavy (non-hydrogen) atoms. The molecule has 0 aromatic carbocycles. The molecule has 0 aromatic heterocycles. The summed E-state index contributed by atoms with van der Waals surface area (Å²) in [4.78, 5) is 9.43. The maximum absolute atomic E-state index is 4.41. The van der Waals surface area contributed by atoms with Gasteiger partial charge in [0.15, 0.2) is 5.96 Å². The normalized spacial score (nSPS) is 27.2. The minimum Gasteiger partial charge on any atom is -0.355 e. The average molecular weight is 437 g/mol. The first-order valence-corrected chi connectivity index (χ1v) is 8.85. The highest BCUT2D eigenvalue weighted by Crippen LogP contribution is 2.26. The van der Waals surface area contributed by atoms with Crippen LogP contribution in [0.1, 0.15) is 40.5 Å². The highest BCUT2D eigenvalue weighted by molar-refractivity contribution is 14.0. The fourth-order valence-electron chi connectivity index (χ4n) is 3.21. The van der Waals surface area contributed by atoms with Crippen LogP contribution < -0.4 is 10.6 Å². The summed E-state index contributed by atoms with van der Waals surface area (Å²) in [6.07, 6.45) is 2.72. The Labute approximate surface area is 159 Å². The second-order valence-corrected chi connectivity index (χ2v) is 7.47. The first-order chi connectivity index (χ1) is 10.4. The van der Waals surface area contributed by atoms with Crippen molar-refractivity contribution in [3.63, 3.8) is 0 Å². The Morgan fingerprint density at radius 3 is 2.39 bits per heavy atom. The van der Waals surface area contributed by atoms with Crippen LogP contribution in [0.15, 0.2) is 4.99 Å². The molecule has 0 bridgehead atoms. The molecular formula is C17H36IN5. The summed E-state index contributed by atoms with van der Waals surface area (Å²) in [6, 6.07) is 2.46. The van der Waals surface area contributed by atoms with Crippen molar-refractivity contribution in [3.8, 4) is 0 Å². The monoisotopic (exact) mass is 437 g/mol. The van der Waals surface area contributed by atoms with Gasteiger partial charge in [-0.1, -0.05) is 6.92 Å². The Morgan fingerprint density at radius 2 is 1.91 bits per heavy atom. The maximum atomic E-state index is 4.41. The van der Waals surface area contributed by atoms with Crippen molar-refractivity contribution in [2.45, 2.75) is 64.7 Å². The molecule has 2 N–H and O–H groups in total. The van der Waals surface area contributed by atoms with Crippen LogP contribution in [0.5, 0.6) is 0 Å². The van der Waals surface area contributed by atoms with Gasteiger partial charge < -0.3 is 10.6 Å². The third-order valence-electron chi connectivity index (χ3n) is 5.30. The molecule has 3 unspecified atom stereocenters. The van der Waals surface area contributed by atoms with Crippen molar-refractivity contribution >= 4 is 29.9 Å². The van der Waals surface area contributed by atoms with Crippen molar-refractivity contribution in [2.24, 2.45) is 10.9 Å². The van der Waals surface area contributed by atoms with Crippen LogP contribution in [0.4, 0.5) is 0 Å². The second-order valence-electron chi connectivity index (χ2n) is 7.47. The molecule has 0 amide bonds. The Hall–Kier alpha value is -0.0800. The van der Waals surface area contributed by atoms with Crippen LogP contribution in [0.3, 0.4) is 0 Å². The largest absolute Gasteiger partial charge is 0.355 e. The van der Waals surface area contributed by atoms with Crippen LogP contribution in [-0.4, -0.2) is 73.7 Å². The summed E-state index contributed by atoms with van der Waals surface area (Å²) in [6.45, 7) is 12.4. The summed E-state index contributed by atoms with van der Waals surface area (Å²) in [5, 5.41) is 7.12. The number of aliphatic imine (C=N–C) groups is 1. The smallest absolute Gasteiger partial charge is 0.191 e. The Morgan fingerprint density at radius 1 is 1.26 bits per heavy atom. The molecule has 1 aliphatic carbocycles. The number of rotatable bonds is 6. The van der Waals surface area contributed by atoms with Gasteiger partial charge in [-0.3, -0.25) is 14.8 Å². The number of hydrogen-bond donors (Lipinski definition) is 2. The summed E-state index contributed by atoms with van der Waals surface area (Å²) in [5.74, 6) is 1.60. The number of likely N-dealkylation sites (tertiary alicyclic amines) is 1. The predicted molar refractivity (Wildman–Crippen MR) is 110 cm³/mol. The molecule has 1 heterocycles. The fraction of sp³-hybridized carbons (Fsp3) is 0.941. The molecule has 1 saturated carbocycles. The molecule has 136 valence electrons. The fourth-order valence-corrected chi connectivity index (χ4v) is 3.21. The van der Waals surface area contributed by atoms with E-state index in [9.17, 15) is 0 Å². The maximum Gasteiger partial charge on any atom is 0.191 e. The molecule has 0 aromatic rings. The molecular weight excluding hydrogens is 401 g/mol. The third kappa shape index (κ3) is 6.05. The van der Waals surface area contributed by atoms with Gasteiger partial charge in [0.25, 0.3) is 0 Å². The highest BCUT2D eigenvalue weighted by atomic mass is 127. The minimum atomic E-state index is 0. The average Bonchev–Trinajstić information content (AvgIpc) is 3.26. The number of halogens is 1. The lowest BCUT2D eigenvalue weighted by Crippen LogP contribution is -2.50. The predicted octanol–water partition coefficient (Wildman–Crippen LogP) is 1.98. The molecule has 1 aliphatic heterocycles. The lowest BCUT2D eigenvalue weighted by molar-refractivity contribution is 0.247. The van der Waals surface area contributed by atoms with Gasteiger partial charge in [-0.15, -0.1) is 24.0 Å². The second kappa shape index (κ2) is 9.42. The lowest BCUT2D eigenvalue weighted by atomic mass is 10.1. The van der Waals surface area contributed by atoms with E-state index in [4.69, 9.17) is 0 Å². The molecule has 2 aliphatic rings. The molecule has 6 heteroatoms. The van der Waals surface area contributed by atoms with Gasteiger partial charge >= 0.3 is 0 Å². The van der Waals surface area contributed by atoms with E-state index in [2.05, 4.69) is 60.2 Å². The molecule has 3 atom stereocenters. The summed E-state index contributed by atoms with van der Waals surface area (Å²) < 4.78 is 0. The van der Waals surface area contributed by atoms with Gasteiger partial charge in [0, 0.05) is 50.8 Å². The number of nitrogens with zero attached hydrogens (tertiary/aromatic N) is 3.